The van der Waals surface area contributed by atoms with Gasteiger partial charge >= 0.3 is 0 Å². The van der Waals surface area contributed by atoms with E-state index in [0.29, 0.717) is 36.3 Å². The molecular weight excluding hydrogens is 349 g/mol. The molecule has 3 rings (SSSR count). The van der Waals surface area contributed by atoms with E-state index in [1.165, 1.54) is 0 Å². The van der Waals surface area contributed by atoms with E-state index in [1.54, 1.807) is 30.2 Å². The van der Waals surface area contributed by atoms with E-state index in [2.05, 4.69) is 25.3 Å². The van der Waals surface area contributed by atoms with E-state index in [4.69, 9.17) is 0 Å². The number of rotatable bonds is 5. The average molecular weight is 373 g/mol. The smallest absolute Gasteiger partial charge is 0.270 e. The average Bonchev–Trinajstić information content (AvgIpc) is 2.99. The van der Waals surface area contributed by atoms with Crippen molar-refractivity contribution in [1.82, 2.24) is 25.3 Å². The Morgan fingerprint density at radius 1 is 1.33 bits per heavy atom. The highest BCUT2D eigenvalue weighted by Gasteiger charge is 2.33. The molecule has 0 aromatic carbocycles. The van der Waals surface area contributed by atoms with Crippen molar-refractivity contribution in [3.05, 3.63) is 35.5 Å². The summed E-state index contributed by atoms with van der Waals surface area (Å²) < 4.78 is 14.1. The van der Waals surface area contributed by atoms with E-state index in [9.17, 15) is 9.18 Å². The largest absolute Gasteiger partial charge is 0.349 e. The molecule has 1 N–H and O–H groups in total. The number of aryl methyl sites for hydroxylation is 2. The molecule has 0 saturated carbocycles. The Balaban J connectivity index is 1.71. The van der Waals surface area contributed by atoms with Crippen LogP contribution in [-0.2, 0) is 0 Å². The van der Waals surface area contributed by atoms with Gasteiger partial charge in [-0.05, 0) is 26.0 Å². The Hall–Kier alpha value is -2.84. The summed E-state index contributed by atoms with van der Waals surface area (Å²) >= 11 is 0. The molecule has 144 valence electrons. The number of hydrogen-bond acceptors (Lipinski definition) is 7. The maximum absolute atomic E-state index is 14.1. The van der Waals surface area contributed by atoms with Gasteiger partial charge in [0.1, 0.15) is 23.5 Å². The summed E-state index contributed by atoms with van der Waals surface area (Å²) in [4.78, 5) is 33.1. The Labute approximate surface area is 157 Å². The normalized spacial score (nSPS) is 19.2. The Kier molecular flexibility index (Phi) is 5.48. The second-order valence-electron chi connectivity index (χ2n) is 6.90. The fraction of sp³-hybridized carbons (Fsp3) is 0.500. The van der Waals surface area contributed by atoms with Crippen molar-refractivity contribution in [2.24, 2.45) is 0 Å². The first kappa shape index (κ1) is 18.9. The van der Waals surface area contributed by atoms with Gasteiger partial charge in [-0.3, -0.25) is 4.79 Å². The third kappa shape index (κ3) is 4.47. The maximum Gasteiger partial charge on any atom is 0.270 e. The quantitative estimate of drug-likeness (QED) is 0.845. The summed E-state index contributed by atoms with van der Waals surface area (Å²) in [5.41, 5.74) is 1.05. The Morgan fingerprint density at radius 3 is 2.81 bits per heavy atom. The lowest BCUT2D eigenvalue weighted by molar-refractivity contribution is 0.0945. The van der Waals surface area contributed by atoms with Crippen LogP contribution < -0.4 is 15.1 Å². The number of alkyl halides is 1. The van der Waals surface area contributed by atoms with Gasteiger partial charge in [-0.2, -0.15) is 4.98 Å². The number of amides is 1. The van der Waals surface area contributed by atoms with Crippen LogP contribution in [0.25, 0.3) is 0 Å². The van der Waals surface area contributed by atoms with E-state index in [0.717, 1.165) is 5.69 Å². The van der Waals surface area contributed by atoms with Gasteiger partial charge in [0.05, 0.1) is 12.6 Å². The number of halogens is 1. The number of nitrogens with zero attached hydrogens (tertiary/aromatic N) is 6. The predicted molar refractivity (Wildman–Crippen MR) is 101 cm³/mol. The highest BCUT2D eigenvalue weighted by molar-refractivity contribution is 5.92. The first-order valence-corrected chi connectivity index (χ1v) is 8.85. The molecule has 0 radical (unpaired) electrons. The molecule has 0 aliphatic carbocycles. The zero-order chi connectivity index (χ0) is 19.6. The van der Waals surface area contributed by atoms with Crippen molar-refractivity contribution in [3.8, 4) is 0 Å². The minimum atomic E-state index is -0.965. The standard InChI is InChI=1S/C18H24FN7O/c1-11-7-15(23-12(2)22-11)17(27)21-9-14-8-13(19)10-26(14)16-5-6-20-18(24-16)25(3)4/h5-7,13-14H,8-10H2,1-4H3,(H,21,27)/t13-,14-/m0/s1. The van der Waals surface area contributed by atoms with Crippen molar-refractivity contribution in [1.29, 1.82) is 0 Å². The molecule has 9 heteroatoms. The van der Waals surface area contributed by atoms with Gasteiger partial charge in [0, 0.05) is 39.0 Å². The third-order valence-corrected chi connectivity index (χ3v) is 4.38. The van der Waals surface area contributed by atoms with Gasteiger partial charge in [-0.1, -0.05) is 0 Å². The molecule has 0 unspecified atom stereocenters. The minimum absolute atomic E-state index is 0.183. The molecule has 2 atom stereocenters. The second-order valence-corrected chi connectivity index (χ2v) is 6.90. The van der Waals surface area contributed by atoms with Gasteiger partial charge in [-0.15, -0.1) is 0 Å². The van der Waals surface area contributed by atoms with Gasteiger partial charge in [-0.25, -0.2) is 19.3 Å². The lowest BCUT2D eigenvalue weighted by Crippen LogP contribution is -2.41. The molecular formula is C18H24FN7O. The number of anilines is 2. The van der Waals surface area contributed by atoms with E-state index in [1.807, 2.05) is 25.9 Å². The second kappa shape index (κ2) is 7.81. The maximum atomic E-state index is 14.1. The summed E-state index contributed by atoms with van der Waals surface area (Å²) in [6, 6.07) is 3.22. The fourth-order valence-corrected chi connectivity index (χ4v) is 3.18. The monoisotopic (exact) mass is 373 g/mol. The van der Waals surface area contributed by atoms with Gasteiger partial charge in [0.2, 0.25) is 5.95 Å². The number of carbonyl (C=O) groups is 1. The van der Waals surface area contributed by atoms with Crippen LogP contribution in [0.1, 0.15) is 28.4 Å². The summed E-state index contributed by atoms with van der Waals surface area (Å²) in [6.07, 6.45) is 1.03. The van der Waals surface area contributed by atoms with Crippen LogP contribution in [0.5, 0.6) is 0 Å². The van der Waals surface area contributed by atoms with E-state index >= 15 is 0 Å². The van der Waals surface area contributed by atoms with Crippen LogP contribution in [0.4, 0.5) is 16.2 Å². The SMILES string of the molecule is Cc1cc(C(=O)NC[C@@H]2C[C@H](F)CN2c2ccnc(N(C)C)n2)nc(C)n1. The lowest BCUT2D eigenvalue weighted by Gasteiger charge is -2.26. The van der Waals surface area contributed by atoms with Gasteiger partial charge in [0.15, 0.2) is 0 Å². The summed E-state index contributed by atoms with van der Waals surface area (Å²) in [5, 5.41) is 2.86. The van der Waals surface area contributed by atoms with Crippen molar-refractivity contribution in [2.45, 2.75) is 32.5 Å². The van der Waals surface area contributed by atoms with Crippen molar-refractivity contribution >= 4 is 17.7 Å². The first-order valence-electron chi connectivity index (χ1n) is 8.85. The molecule has 8 nitrogen and oxygen atoms in total. The van der Waals surface area contributed by atoms with E-state index in [-0.39, 0.29) is 18.5 Å². The number of aromatic nitrogens is 4. The summed E-state index contributed by atoms with van der Waals surface area (Å²) in [7, 11) is 3.70. The fourth-order valence-electron chi connectivity index (χ4n) is 3.18. The molecule has 0 spiro atoms. The van der Waals surface area contributed by atoms with Crippen LogP contribution in [0.2, 0.25) is 0 Å². The Bertz CT molecular complexity index is 809. The Morgan fingerprint density at radius 2 is 2.11 bits per heavy atom. The molecule has 3 heterocycles. The van der Waals surface area contributed by atoms with Crippen LogP contribution in [0.15, 0.2) is 18.3 Å². The zero-order valence-electron chi connectivity index (χ0n) is 16.0. The predicted octanol–water partition coefficient (Wildman–Crippen LogP) is 1.30. The van der Waals surface area contributed by atoms with Crippen LogP contribution in [0, 0.1) is 13.8 Å². The van der Waals surface area contributed by atoms with Gasteiger partial charge in [0.25, 0.3) is 5.91 Å². The molecule has 27 heavy (non-hydrogen) atoms. The highest BCUT2D eigenvalue weighted by Crippen LogP contribution is 2.26. The summed E-state index contributed by atoms with van der Waals surface area (Å²) in [6.45, 7) is 4.11. The number of carbonyl (C=O) groups excluding carboxylic acids is 1. The third-order valence-electron chi connectivity index (χ3n) is 4.38. The van der Waals surface area contributed by atoms with Crippen molar-refractivity contribution < 1.29 is 9.18 Å². The lowest BCUT2D eigenvalue weighted by atomic mass is 10.2. The van der Waals surface area contributed by atoms with E-state index < -0.39 is 6.17 Å². The van der Waals surface area contributed by atoms with Crippen molar-refractivity contribution in [3.63, 3.8) is 0 Å². The van der Waals surface area contributed by atoms with Crippen molar-refractivity contribution in [2.75, 3.05) is 37.0 Å². The van der Waals surface area contributed by atoms with Crippen LogP contribution in [-0.4, -0.2) is 65.2 Å². The van der Waals surface area contributed by atoms with Crippen LogP contribution in [0.3, 0.4) is 0 Å². The molecule has 0 bridgehead atoms. The van der Waals surface area contributed by atoms with Gasteiger partial charge < -0.3 is 15.1 Å². The number of nitrogens with one attached hydrogen (secondary N) is 1. The zero-order valence-corrected chi connectivity index (χ0v) is 16.0. The number of hydrogen-bond donors (Lipinski definition) is 1. The molecule has 1 aliphatic heterocycles. The molecule has 1 aliphatic rings. The topological polar surface area (TPSA) is 87.1 Å². The molecule has 1 amide bonds. The molecule has 1 fully saturated rings. The molecule has 1 saturated heterocycles. The minimum Gasteiger partial charge on any atom is -0.349 e. The van der Waals surface area contributed by atoms with Crippen LogP contribution >= 0.6 is 0 Å². The highest BCUT2D eigenvalue weighted by atomic mass is 19.1. The molecule has 2 aromatic heterocycles. The summed E-state index contributed by atoms with van der Waals surface area (Å²) in [5.74, 6) is 1.47. The molecule has 2 aromatic rings. The first-order chi connectivity index (χ1) is 12.8.